The lowest BCUT2D eigenvalue weighted by atomic mass is 10.1. The summed E-state index contributed by atoms with van der Waals surface area (Å²) in [5.74, 6) is -0.0776. The van der Waals surface area contributed by atoms with Crippen molar-refractivity contribution >= 4 is 5.91 Å². The van der Waals surface area contributed by atoms with Crippen LogP contribution < -0.4 is 0 Å². The zero-order valence-electron chi connectivity index (χ0n) is 11.2. The van der Waals surface area contributed by atoms with E-state index >= 15 is 0 Å². The Balaban J connectivity index is 2.03. The molecule has 0 atom stereocenters. The quantitative estimate of drug-likeness (QED) is 0.812. The molecule has 0 radical (unpaired) electrons. The van der Waals surface area contributed by atoms with E-state index in [0.29, 0.717) is 5.56 Å². The van der Waals surface area contributed by atoms with Crippen molar-refractivity contribution in [3.8, 4) is 0 Å². The molecule has 1 amide bonds. The lowest BCUT2D eigenvalue weighted by Crippen LogP contribution is -2.33. The van der Waals surface area contributed by atoms with Crippen molar-refractivity contribution in [2.75, 3.05) is 13.1 Å². The van der Waals surface area contributed by atoms with E-state index in [2.05, 4.69) is 0 Å². The second-order valence-electron chi connectivity index (χ2n) is 5.17. The summed E-state index contributed by atoms with van der Waals surface area (Å²) in [5, 5.41) is 0. The summed E-state index contributed by atoms with van der Waals surface area (Å²) in [6.45, 7) is 1.44. The summed E-state index contributed by atoms with van der Waals surface area (Å²) in [5.41, 5.74) is -0.271. The fourth-order valence-electron chi connectivity index (χ4n) is 2.46. The van der Waals surface area contributed by atoms with Gasteiger partial charge in [0.2, 0.25) is 5.91 Å². The molecule has 1 aliphatic heterocycles. The first-order valence-corrected chi connectivity index (χ1v) is 6.91. The highest BCUT2D eigenvalue weighted by Gasteiger charge is 2.30. The van der Waals surface area contributed by atoms with Crippen molar-refractivity contribution in [3.05, 3.63) is 35.4 Å². The Morgan fingerprint density at radius 2 is 1.75 bits per heavy atom. The van der Waals surface area contributed by atoms with Crippen molar-refractivity contribution in [3.63, 3.8) is 0 Å². The van der Waals surface area contributed by atoms with Gasteiger partial charge in [0.25, 0.3) is 0 Å². The predicted molar refractivity (Wildman–Crippen MR) is 70.2 cm³/mol. The third-order valence-corrected chi connectivity index (χ3v) is 3.57. The molecule has 2 rings (SSSR count). The molecular formula is C15H18F3NO. The van der Waals surface area contributed by atoms with Crippen LogP contribution in [0.25, 0.3) is 0 Å². The Hall–Kier alpha value is -1.52. The third kappa shape index (κ3) is 3.99. The molecule has 1 fully saturated rings. The van der Waals surface area contributed by atoms with E-state index in [1.165, 1.54) is 6.07 Å². The van der Waals surface area contributed by atoms with E-state index in [9.17, 15) is 18.0 Å². The van der Waals surface area contributed by atoms with Crippen LogP contribution in [0, 0.1) is 0 Å². The maximum absolute atomic E-state index is 12.6. The van der Waals surface area contributed by atoms with E-state index in [1.54, 1.807) is 11.0 Å². The molecule has 0 N–H and O–H groups in total. The van der Waals surface area contributed by atoms with Crippen molar-refractivity contribution < 1.29 is 18.0 Å². The summed E-state index contributed by atoms with van der Waals surface area (Å²) in [6, 6.07) is 5.02. The van der Waals surface area contributed by atoms with Gasteiger partial charge in [-0.05, 0) is 24.5 Å². The van der Waals surface area contributed by atoms with Gasteiger partial charge in [-0.1, -0.05) is 31.0 Å². The number of carbonyl (C=O) groups is 1. The van der Waals surface area contributed by atoms with Crippen LogP contribution in [-0.2, 0) is 17.4 Å². The average molecular weight is 285 g/mol. The minimum atomic E-state index is -4.36. The van der Waals surface area contributed by atoms with Crippen molar-refractivity contribution in [2.24, 2.45) is 0 Å². The Labute approximate surface area is 116 Å². The smallest absolute Gasteiger partial charge is 0.342 e. The van der Waals surface area contributed by atoms with Gasteiger partial charge in [-0.25, -0.2) is 0 Å². The molecule has 1 heterocycles. The van der Waals surface area contributed by atoms with Gasteiger partial charge in [-0.15, -0.1) is 0 Å². The topological polar surface area (TPSA) is 20.3 Å². The van der Waals surface area contributed by atoms with Crippen LogP contribution in [0.5, 0.6) is 0 Å². The number of amides is 1. The Bertz CT molecular complexity index is 462. The van der Waals surface area contributed by atoms with Crippen LogP contribution >= 0.6 is 0 Å². The lowest BCUT2D eigenvalue weighted by molar-refractivity contribution is -0.138. The summed E-state index contributed by atoms with van der Waals surface area (Å²) in [4.78, 5) is 13.9. The summed E-state index contributed by atoms with van der Waals surface area (Å²) < 4.78 is 37.9. The van der Waals surface area contributed by atoms with Gasteiger partial charge < -0.3 is 4.90 Å². The number of rotatable bonds is 2. The van der Waals surface area contributed by atoms with Crippen LogP contribution in [0.2, 0.25) is 0 Å². The molecule has 0 bridgehead atoms. The number of benzene rings is 1. The lowest BCUT2D eigenvalue weighted by Gasteiger charge is -2.20. The van der Waals surface area contributed by atoms with Gasteiger partial charge in [0.15, 0.2) is 0 Å². The zero-order chi connectivity index (χ0) is 14.6. The molecule has 110 valence electrons. The van der Waals surface area contributed by atoms with Crippen LogP contribution in [-0.4, -0.2) is 23.9 Å². The van der Waals surface area contributed by atoms with Gasteiger partial charge >= 0.3 is 6.18 Å². The maximum atomic E-state index is 12.6. The highest BCUT2D eigenvalue weighted by molar-refractivity contribution is 5.78. The number of hydrogen-bond acceptors (Lipinski definition) is 1. The molecule has 2 nitrogen and oxygen atoms in total. The van der Waals surface area contributed by atoms with E-state index < -0.39 is 11.7 Å². The number of halogens is 3. The maximum Gasteiger partial charge on any atom is 0.416 e. The van der Waals surface area contributed by atoms with Gasteiger partial charge in [0, 0.05) is 13.1 Å². The van der Waals surface area contributed by atoms with E-state index in [0.717, 1.165) is 50.9 Å². The second-order valence-corrected chi connectivity index (χ2v) is 5.17. The minimum Gasteiger partial charge on any atom is -0.342 e. The molecule has 0 spiro atoms. The largest absolute Gasteiger partial charge is 0.416 e. The van der Waals surface area contributed by atoms with E-state index in [4.69, 9.17) is 0 Å². The minimum absolute atomic E-state index is 0.0456. The fraction of sp³-hybridized carbons (Fsp3) is 0.533. The third-order valence-electron chi connectivity index (χ3n) is 3.57. The van der Waals surface area contributed by atoms with Crippen LogP contribution in [0.1, 0.15) is 36.8 Å². The molecule has 0 saturated carbocycles. The number of hydrogen-bond donors (Lipinski definition) is 0. The highest BCUT2D eigenvalue weighted by Crippen LogP contribution is 2.29. The molecule has 1 aromatic carbocycles. The molecule has 1 saturated heterocycles. The predicted octanol–water partition coefficient (Wildman–Crippen LogP) is 3.65. The fourth-order valence-corrected chi connectivity index (χ4v) is 2.46. The van der Waals surface area contributed by atoms with Crippen LogP contribution in [0.4, 0.5) is 13.2 Å². The molecule has 1 aromatic rings. The summed E-state index contributed by atoms with van der Waals surface area (Å²) in [7, 11) is 0. The Morgan fingerprint density at radius 1 is 1.10 bits per heavy atom. The molecule has 5 heteroatoms. The van der Waals surface area contributed by atoms with Crippen LogP contribution in [0.15, 0.2) is 24.3 Å². The van der Waals surface area contributed by atoms with Gasteiger partial charge in [0.1, 0.15) is 0 Å². The van der Waals surface area contributed by atoms with Gasteiger partial charge in [-0.2, -0.15) is 13.2 Å². The van der Waals surface area contributed by atoms with Crippen molar-refractivity contribution in [1.82, 2.24) is 4.90 Å². The van der Waals surface area contributed by atoms with E-state index in [-0.39, 0.29) is 12.3 Å². The normalized spacial score (nSPS) is 16.9. The monoisotopic (exact) mass is 285 g/mol. The SMILES string of the molecule is O=C(Cc1cccc(C(F)(F)F)c1)N1CCCCCC1. The number of alkyl halides is 3. The highest BCUT2D eigenvalue weighted by atomic mass is 19.4. The molecule has 20 heavy (non-hydrogen) atoms. The first kappa shape index (κ1) is 14.9. The standard InChI is InChI=1S/C15H18F3NO/c16-15(17,18)13-7-5-6-12(10-13)11-14(20)19-8-3-1-2-4-9-19/h5-7,10H,1-4,8-9,11H2. The van der Waals surface area contributed by atoms with Gasteiger partial charge in [0.05, 0.1) is 12.0 Å². The number of nitrogens with zero attached hydrogens (tertiary/aromatic N) is 1. The number of likely N-dealkylation sites (tertiary alicyclic amines) is 1. The average Bonchev–Trinajstić information content (AvgIpc) is 2.67. The molecule has 0 aliphatic carbocycles. The number of carbonyl (C=O) groups excluding carboxylic acids is 1. The van der Waals surface area contributed by atoms with Crippen LogP contribution in [0.3, 0.4) is 0 Å². The first-order chi connectivity index (χ1) is 9.47. The van der Waals surface area contributed by atoms with E-state index in [1.807, 2.05) is 0 Å². The summed E-state index contributed by atoms with van der Waals surface area (Å²) in [6.07, 6.45) is -0.116. The second kappa shape index (κ2) is 6.29. The Kier molecular flexibility index (Phi) is 4.68. The molecular weight excluding hydrogens is 267 g/mol. The van der Waals surface area contributed by atoms with Crippen molar-refractivity contribution in [1.29, 1.82) is 0 Å². The van der Waals surface area contributed by atoms with Gasteiger partial charge in [-0.3, -0.25) is 4.79 Å². The first-order valence-electron chi connectivity index (χ1n) is 6.91. The molecule has 1 aliphatic rings. The zero-order valence-corrected chi connectivity index (χ0v) is 11.2. The summed E-state index contributed by atoms with van der Waals surface area (Å²) >= 11 is 0. The van der Waals surface area contributed by atoms with Crippen molar-refractivity contribution in [2.45, 2.75) is 38.3 Å². The molecule has 0 aromatic heterocycles. The Morgan fingerprint density at radius 3 is 2.35 bits per heavy atom. The molecule has 0 unspecified atom stereocenters.